The molecule has 0 aromatic rings. The highest BCUT2D eigenvalue weighted by Crippen LogP contribution is 2.59. The van der Waals surface area contributed by atoms with Gasteiger partial charge in [0.25, 0.3) is 0 Å². The van der Waals surface area contributed by atoms with Crippen LogP contribution in [0.25, 0.3) is 0 Å². The van der Waals surface area contributed by atoms with E-state index in [4.69, 9.17) is 48.8 Å². The van der Waals surface area contributed by atoms with Crippen molar-refractivity contribution in [2.24, 2.45) is 50.7 Å². The summed E-state index contributed by atoms with van der Waals surface area (Å²) < 4.78 is 31.2. The summed E-state index contributed by atoms with van der Waals surface area (Å²) in [7, 11) is 2.00. The first kappa shape index (κ1) is 72.2. The van der Waals surface area contributed by atoms with Gasteiger partial charge in [0.1, 0.15) is 31.5 Å². The molecule has 0 spiro atoms. The normalized spacial score (nSPS) is 23.6. The largest absolute Gasteiger partial charge is 0.463 e. The van der Waals surface area contributed by atoms with E-state index in [1.54, 1.807) is 6.92 Å². The Balaban J connectivity index is 0. The lowest BCUT2D eigenvalue weighted by Crippen LogP contribution is -2.36. The molecule has 16 nitrogen and oxygen atoms in total. The maximum atomic E-state index is 12.2. The number of carbonyl (C=O) groups is 5. The van der Waals surface area contributed by atoms with Crippen molar-refractivity contribution >= 4 is 29.8 Å². The van der Waals surface area contributed by atoms with Crippen molar-refractivity contribution in [1.82, 2.24) is 0 Å². The van der Waals surface area contributed by atoms with E-state index >= 15 is 0 Å². The first-order chi connectivity index (χ1) is 34.0. The van der Waals surface area contributed by atoms with Gasteiger partial charge in [-0.1, -0.05) is 47.5 Å². The third-order valence-corrected chi connectivity index (χ3v) is 15.7. The van der Waals surface area contributed by atoms with E-state index in [0.29, 0.717) is 12.5 Å². The van der Waals surface area contributed by atoms with Gasteiger partial charge in [0, 0.05) is 14.2 Å². The van der Waals surface area contributed by atoms with Crippen LogP contribution in [0, 0.1) is 50.7 Å². The number of esters is 5. The van der Waals surface area contributed by atoms with E-state index in [9.17, 15) is 29.1 Å². The molecule has 0 aromatic carbocycles. The fourth-order valence-electron chi connectivity index (χ4n) is 8.31. The highest BCUT2D eigenvalue weighted by atomic mass is 16.6. The van der Waals surface area contributed by atoms with Crippen LogP contribution >= 0.6 is 0 Å². The minimum atomic E-state index is -0.674. The summed E-state index contributed by atoms with van der Waals surface area (Å²) in [6.45, 7) is 31.0. The van der Waals surface area contributed by atoms with E-state index in [2.05, 4.69) is 6.92 Å². The highest BCUT2D eigenvalue weighted by Gasteiger charge is 2.55. The second-order valence-corrected chi connectivity index (χ2v) is 23.3. The first-order valence-corrected chi connectivity index (χ1v) is 27.4. The molecule has 5 fully saturated rings. The first-order valence-electron chi connectivity index (χ1n) is 27.4. The number of carbonyl (C=O) groups excluding carboxylic acids is 5. The molecule has 0 amide bonds. The molecular formula is C57H108O16. The number of hydrogen-bond donors (Lipinski definition) is 5. The fourth-order valence-corrected chi connectivity index (χ4v) is 8.31. The molecule has 1 aliphatic heterocycles. The zero-order chi connectivity index (χ0) is 57.0. The van der Waals surface area contributed by atoms with Gasteiger partial charge in [-0.3, -0.25) is 24.0 Å². The van der Waals surface area contributed by atoms with Crippen molar-refractivity contribution in [2.75, 3.05) is 47.3 Å². The van der Waals surface area contributed by atoms with Crippen molar-refractivity contribution in [2.45, 2.75) is 238 Å². The highest BCUT2D eigenvalue weighted by molar-refractivity contribution is 5.77. The van der Waals surface area contributed by atoms with Gasteiger partial charge in [0.05, 0.1) is 53.0 Å². The Kier molecular flexibility index (Phi) is 35.0. The Hall–Kier alpha value is -2.89. The average molecular weight is 1050 g/mol. The number of ether oxygens (including phenoxy) is 6. The molecular weight excluding hydrogens is 941 g/mol. The maximum absolute atomic E-state index is 12.2. The van der Waals surface area contributed by atoms with Gasteiger partial charge >= 0.3 is 29.8 Å². The molecule has 2 bridgehead atoms. The monoisotopic (exact) mass is 1050 g/mol. The van der Waals surface area contributed by atoms with Gasteiger partial charge in [0.2, 0.25) is 0 Å². The lowest BCUT2D eigenvalue weighted by Gasteiger charge is -2.33. The number of fused-ring (bicyclic) bond motifs is 5. The molecule has 0 radical (unpaired) electrons. The Morgan fingerprint density at radius 1 is 0.521 bits per heavy atom. The van der Waals surface area contributed by atoms with E-state index in [0.717, 1.165) is 83.3 Å². The van der Waals surface area contributed by atoms with Crippen LogP contribution < -0.4 is 0 Å². The van der Waals surface area contributed by atoms with Crippen molar-refractivity contribution in [3.8, 4) is 0 Å². The van der Waals surface area contributed by atoms with Crippen LogP contribution in [0.5, 0.6) is 0 Å². The summed E-state index contributed by atoms with van der Waals surface area (Å²) in [6, 6.07) is 0. The summed E-state index contributed by atoms with van der Waals surface area (Å²) in [5, 5.41) is 40.6. The van der Waals surface area contributed by atoms with Gasteiger partial charge in [-0.05, 0) is 183 Å². The molecule has 4 saturated carbocycles. The Morgan fingerprint density at radius 3 is 1.34 bits per heavy atom. The van der Waals surface area contributed by atoms with Crippen molar-refractivity contribution in [1.29, 1.82) is 0 Å². The van der Waals surface area contributed by atoms with Crippen molar-refractivity contribution in [3.63, 3.8) is 0 Å². The fraction of sp³-hybridized carbons (Fsp3) is 0.912. The molecule has 1 heterocycles. The standard InChI is InChI=1S/C16H26O2.C12H22O2.C10H18O4.C9H18O3.C8H16O3.2CH4O/c1-4-16(2,3)15(17)18-14-9-10-8-13(14)12-7-5-6-11(10)12;1-4-12(2,3)11(13)14-10-8-6-5-7-9-10;1-4-10(2,3)9(12)14-8-6-13-5-7(8)11;1-5-9(3,4)8(11)12-6-7(2)10;1-4-8(2,3)7(10)11-6-5-9;2*1-2/h10-14H,4-9H2,1-3H3;10H,4-9H2,1-3H3;7-8,11H,4-6H2,1-3H3;7,10H,5-6H2,1-4H3;9H,4-6H2,1-3H3;2*2H,1H3. The Morgan fingerprint density at radius 2 is 0.932 bits per heavy atom. The Bertz CT molecular complexity index is 1550. The van der Waals surface area contributed by atoms with Crippen molar-refractivity contribution < 1.29 is 77.9 Å². The van der Waals surface area contributed by atoms with E-state index < -0.39 is 34.6 Å². The summed E-state index contributed by atoms with van der Waals surface area (Å²) in [5.41, 5.74) is -1.96. The van der Waals surface area contributed by atoms with E-state index in [1.807, 2.05) is 96.9 Å². The van der Waals surface area contributed by atoms with Crippen LogP contribution in [0.4, 0.5) is 0 Å². The van der Waals surface area contributed by atoms with E-state index in [-0.39, 0.29) is 79.3 Å². The second-order valence-electron chi connectivity index (χ2n) is 23.3. The molecule has 73 heavy (non-hydrogen) atoms. The number of aliphatic hydroxyl groups excluding tert-OH is 5. The minimum absolute atomic E-state index is 0.0214. The van der Waals surface area contributed by atoms with Crippen LogP contribution in [0.3, 0.4) is 0 Å². The number of hydrogen-bond acceptors (Lipinski definition) is 16. The zero-order valence-corrected chi connectivity index (χ0v) is 49.1. The molecule has 5 N–H and O–H groups in total. The second kappa shape index (κ2) is 35.4. The molecule has 5 rings (SSSR count). The molecule has 4 aliphatic carbocycles. The average Bonchev–Trinajstić information content (AvgIpc) is 4.20. The SMILES string of the molecule is CCC(C)(C)C(=O)OC1CC2CC1C1CCCC21.CCC(C)(C)C(=O)OC1CCCCC1.CCC(C)(C)C(=O)OC1COCC1O.CCC(C)(C)C(=O)OCC(C)O.CCC(C)(C)C(=O)OCCO.CO.CO. The summed E-state index contributed by atoms with van der Waals surface area (Å²) >= 11 is 0. The smallest absolute Gasteiger partial charge is 0.311 e. The molecule has 8 unspecified atom stereocenters. The quantitative estimate of drug-likeness (QED) is 0.0673. The van der Waals surface area contributed by atoms with Crippen LogP contribution in [-0.2, 0) is 52.4 Å². The maximum Gasteiger partial charge on any atom is 0.311 e. The summed E-state index contributed by atoms with van der Waals surface area (Å²) in [4.78, 5) is 57.9. The topological polar surface area (TPSA) is 242 Å². The van der Waals surface area contributed by atoms with Gasteiger partial charge in [0.15, 0.2) is 6.10 Å². The van der Waals surface area contributed by atoms with Crippen molar-refractivity contribution in [3.05, 3.63) is 0 Å². The molecule has 432 valence electrons. The third kappa shape index (κ3) is 25.2. The molecule has 0 aromatic heterocycles. The minimum Gasteiger partial charge on any atom is -0.463 e. The summed E-state index contributed by atoms with van der Waals surface area (Å²) in [5.74, 6) is 2.66. The van der Waals surface area contributed by atoms with Crippen LogP contribution in [0.1, 0.15) is 207 Å². The number of rotatable bonds is 17. The molecule has 8 atom stereocenters. The molecule has 16 heteroatoms. The summed E-state index contributed by atoms with van der Waals surface area (Å²) in [6.07, 6.45) is 15.2. The molecule has 5 aliphatic rings. The Labute approximate surface area is 442 Å². The van der Waals surface area contributed by atoms with Crippen LogP contribution in [0.2, 0.25) is 0 Å². The van der Waals surface area contributed by atoms with Gasteiger partial charge in [-0.2, -0.15) is 0 Å². The predicted molar refractivity (Wildman–Crippen MR) is 284 cm³/mol. The zero-order valence-electron chi connectivity index (χ0n) is 49.1. The van der Waals surface area contributed by atoms with Crippen LogP contribution in [0.15, 0.2) is 0 Å². The number of aliphatic hydroxyl groups is 5. The van der Waals surface area contributed by atoms with E-state index in [1.165, 1.54) is 44.9 Å². The third-order valence-electron chi connectivity index (χ3n) is 15.7. The molecule has 1 saturated heterocycles. The lowest BCUT2D eigenvalue weighted by atomic mass is 9.80. The predicted octanol–water partition coefficient (Wildman–Crippen LogP) is 9.34. The lowest BCUT2D eigenvalue weighted by molar-refractivity contribution is -0.164. The van der Waals surface area contributed by atoms with Gasteiger partial charge < -0.3 is 54.0 Å². The van der Waals surface area contributed by atoms with Gasteiger partial charge in [-0.15, -0.1) is 0 Å². The van der Waals surface area contributed by atoms with Gasteiger partial charge in [-0.25, -0.2) is 0 Å². The van der Waals surface area contributed by atoms with Crippen LogP contribution in [-0.4, -0.2) is 133 Å².